The number of hydrogen-bond donors (Lipinski definition) is 2. The largest absolute Gasteiger partial charge is 1.00 e. The third kappa shape index (κ3) is 42.7. The Balaban J connectivity index is -0.000000636. The molecule has 0 bridgehead atoms. The van der Waals surface area contributed by atoms with Crippen molar-refractivity contribution in [3.8, 4) is 0 Å². The third-order valence-electron chi connectivity index (χ3n) is 7.44. The maximum Gasteiger partial charge on any atom is 1.00 e. The van der Waals surface area contributed by atoms with Crippen LogP contribution >= 0.6 is 12.2 Å². The summed E-state index contributed by atoms with van der Waals surface area (Å²) in [6.07, 6.45) is 30.5. The summed E-state index contributed by atoms with van der Waals surface area (Å²) in [5, 5.41) is 16.0. The van der Waals surface area contributed by atoms with Crippen LogP contribution < -0.4 is 29.6 Å². The van der Waals surface area contributed by atoms with E-state index in [1.807, 2.05) is 0 Å². The molecule has 0 aromatic carbocycles. The second kappa shape index (κ2) is 37.1. The summed E-state index contributed by atoms with van der Waals surface area (Å²) in [6.45, 7) is 8.36. The average molecular weight is 662 g/mol. The van der Waals surface area contributed by atoms with Crippen LogP contribution in [0.25, 0.3) is 0 Å². The molecule has 0 amide bonds. The Kier molecular flexibility index (Phi) is 41.5. The average Bonchev–Trinajstić information content (AvgIpc) is 3.16. The minimum absolute atomic E-state index is 0. The molecule has 2 N–H and O–H groups in total. The van der Waals surface area contributed by atoms with Crippen LogP contribution in [0.4, 0.5) is 0 Å². The molecule has 1 aliphatic rings. The molecule has 1 aliphatic heterocycles. The summed E-state index contributed by atoms with van der Waals surface area (Å²) >= 11 is 5.51. The first-order chi connectivity index (χ1) is 20.2. The van der Waals surface area contributed by atoms with E-state index in [2.05, 4.69) is 22.9 Å². The summed E-state index contributed by atoms with van der Waals surface area (Å²) in [6, 6.07) is 0. The van der Waals surface area contributed by atoms with Crippen molar-refractivity contribution in [3.05, 3.63) is 0 Å². The molecule has 1 unspecified atom stereocenters. The van der Waals surface area contributed by atoms with Crippen LogP contribution in [0.1, 0.15) is 175 Å². The van der Waals surface area contributed by atoms with Crippen molar-refractivity contribution < 1.29 is 56.9 Å². The fourth-order valence-corrected chi connectivity index (χ4v) is 5.46. The molecule has 1 fully saturated rings. The van der Waals surface area contributed by atoms with E-state index < -0.39 is 16.5 Å². The smallest absolute Gasteiger partial charge is 0.726 e. The first kappa shape index (κ1) is 48.1. The van der Waals surface area contributed by atoms with Gasteiger partial charge in [0, 0.05) is 13.1 Å². The van der Waals surface area contributed by atoms with E-state index in [9.17, 15) is 13.0 Å². The molecular weight excluding hydrogens is 593 g/mol. The molecule has 254 valence electrons. The standard InChI is InChI=1S/C18H35NS.C12H26O4S.C3H8O2.Na/c1-2-3-4-5-6-7-8-9-10-13-16-19-17-14-11-12-15-18(19)20;1-2-3-4-5-6-7-8-9-10-11-12-16-17(13,14)15;1-3(5)2-4;/h2-17H2,1H3;2-12H2,1H3,(H,13,14,15);3-5H,2H2,1H3;/q;;;+1/p-1. The zero-order chi connectivity index (χ0) is 31.7. The Labute approximate surface area is 294 Å². The Morgan fingerprint density at radius 2 is 1.16 bits per heavy atom. The van der Waals surface area contributed by atoms with E-state index in [0.29, 0.717) is 6.42 Å². The van der Waals surface area contributed by atoms with Crippen LogP contribution in [0.3, 0.4) is 0 Å². The van der Waals surface area contributed by atoms with E-state index in [-0.39, 0.29) is 42.8 Å². The van der Waals surface area contributed by atoms with Gasteiger partial charge in [0.05, 0.1) is 24.3 Å². The summed E-state index contributed by atoms with van der Waals surface area (Å²) in [5.74, 6) is 0. The van der Waals surface area contributed by atoms with E-state index in [0.717, 1.165) is 19.3 Å². The SMILES string of the molecule is CC(O)CO.CCCCCCCCCCCCN1CCCCCC1=S.CCCCCCCCCCCCOS(=O)(=O)[O-].[Na+]. The Hall–Kier alpha value is 0.680. The first-order valence-corrected chi connectivity index (χ1v) is 19.1. The van der Waals surface area contributed by atoms with E-state index in [1.54, 1.807) is 0 Å². The molecule has 43 heavy (non-hydrogen) atoms. The molecule has 0 spiro atoms. The van der Waals surface area contributed by atoms with Gasteiger partial charge in [-0.1, -0.05) is 148 Å². The minimum atomic E-state index is -4.48. The third-order valence-corrected chi connectivity index (χ3v) is 8.36. The van der Waals surface area contributed by atoms with Crippen LogP contribution in [-0.4, -0.2) is 65.5 Å². The zero-order valence-corrected chi connectivity index (χ0v) is 32.3. The molecule has 7 nitrogen and oxygen atoms in total. The van der Waals surface area contributed by atoms with Gasteiger partial charge in [-0.05, 0) is 39.0 Å². The quantitative estimate of drug-likeness (QED) is 0.0436. The van der Waals surface area contributed by atoms with Crippen LogP contribution in [0.5, 0.6) is 0 Å². The first-order valence-electron chi connectivity index (χ1n) is 17.3. The summed E-state index contributed by atoms with van der Waals surface area (Å²) in [7, 11) is -4.48. The molecule has 0 aromatic heterocycles. The summed E-state index contributed by atoms with van der Waals surface area (Å²) in [5.41, 5.74) is 0. The number of aliphatic hydroxyl groups is 2. The monoisotopic (exact) mass is 661 g/mol. The molecule has 0 radical (unpaired) electrons. The van der Waals surface area contributed by atoms with Gasteiger partial charge in [-0.2, -0.15) is 0 Å². The van der Waals surface area contributed by atoms with Crippen molar-refractivity contribution in [3.63, 3.8) is 0 Å². The molecule has 0 aliphatic carbocycles. The second-order valence-electron chi connectivity index (χ2n) is 11.8. The number of nitrogens with zero attached hydrogens (tertiary/aromatic N) is 1. The van der Waals surface area contributed by atoms with Gasteiger partial charge in [-0.3, -0.25) is 4.18 Å². The number of hydrogen-bond acceptors (Lipinski definition) is 7. The van der Waals surface area contributed by atoms with Crippen LogP contribution in [0.2, 0.25) is 0 Å². The van der Waals surface area contributed by atoms with Crippen LogP contribution in [0.15, 0.2) is 0 Å². The molecule has 0 saturated carbocycles. The predicted molar refractivity (Wildman–Crippen MR) is 181 cm³/mol. The van der Waals surface area contributed by atoms with Crippen molar-refractivity contribution in [2.45, 2.75) is 181 Å². The van der Waals surface area contributed by atoms with Crippen LogP contribution in [-0.2, 0) is 14.6 Å². The fraction of sp³-hybridized carbons (Fsp3) is 0.970. The Morgan fingerprint density at radius 1 is 0.767 bits per heavy atom. The van der Waals surface area contributed by atoms with Gasteiger partial charge in [0.25, 0.3) is 0 Å². The van der Waals surface area contributed by atoms with Gasteiger partial charge in [0.1, 0.15) is 0 Å². The molecule has 1 atom stereocenters. The van der Waals surface area contributed by atoms with Crippen molar-refractivity contribution in [1.82, 2.24) is 4.90 Å². The second-order valence-corrected chi connectivity index (χ2v) is 13.3. The number of aliphatic hydroxyl groups excluding tert-OH is 2. The van der Waals surface area contributed by atoms with Gasteiger partial charge in [0.2, 0.25) is 10.4 Å². The maximum absolute atomic E-state index is 10.1. The fourth-order valence-electron chi connectivity index (χ4n) is 4.82. The van der Waals surface area contributed by atoms with Crippen molar-refractivity contribution in [2.75, 3.05) is 26.3 Å². The molecular formula is C33H68NNaO6S2. The summed E-state index contributed by atoms with van der Waals surface area (Å²) < 4.78 is 34.5. The van der Waals surface area contributed by atoms with Gasteiger partial charge in [-0.25, -0.2) is 8.42 Å². The van der Waals surface area contributed by atoms with Crippen molar-refractivity contribution in [1.29, 1.82) is 0 Å². The van der Waals surface area contributed by atoms with Gasteiger partial charge in [-0.15, -0.1) is 0 Å². The Bertz CT molecular complexity index is 668. The number of thiocarbonyl (C=S) groups is 1. The van der Waals surface area contributed by atoms with E-state index >= 15 is 0 Å². The summed E-state index contributed by atoms with van der Waals surface area (Å²) in [4.78, 5) is 3.71. The van der Waals surface area contributed by atoms with Gasteiger partial charge < -0.3 is 19.7 Å². The van der Waals surface area contributed by atoms with E-state index in [4.69, 9.17) is 22.4 Å². The van der Waals surface area contributed by atoms with Crippen molar-refractivity contribution in [2.24, 2.45) is 0 Å². The molecule has 10 heteroatoms. The van der Waals surface area contributed by atoms with Gasteiger partial charge >= 0.3 is 29.6 Å². The predicted octanol–water partition coefficient (Wildman–Crippen LogP) is 5.86. The number of likely N-dealkylation sites (tertiary alicyclic amines) is 1. The zero-order valence-electron chi connectivity index (χ0n) is 28.7. The molecule has 0 aromatic rings. The maximum atomic E-state index is 10.1. The normalized spacial score (nSPS) is 14.1. The topological polar surface area (TPSA) is 110 Å². The number of unbranched alkanes of at least 4 members (excludes halogenated alkanes) is 18. The van der Waals surface area contributed by atoms with Crippen molar-refractivity contribution >= 4 is 27.6 Å². The Morgan fingerprint density at radius 3 is 1.56 bits per heavy atom. The molecule has 1 heterocycles. The van der Waals surface area contributed by atoms with E-state index in [1.165, 1.54) is 153 Å². The number of rotatable bonds is 24. The van der Waals surface area contributed by atoms with Gasteiger partial charge in [0.15, 0.2) is 0 Å². The molecule has 1 saturated heterocycles. The minimum Gasteiger partial charge on any atom is -0.726 e. The van der Waals surface area contributed by atoms with Crippen LogP contribution in [0, 0.1) is 0 Å². The molecule has 1 rings (SSSR count).